The molecule has 3 nitrogen and oxygen atoms in total. The van der Waals surface area contributed by atoms with Gasteiger partial charge in [-0.2, -0.15) is 11.8 Å². The van der Waals surface area contributed by atoms with Crippen LogP contribution in [0.25, 0.3) is 0 Å². The van der Waals surface area contributed by atoms with E-state index in [-0.39, 0.29) is 17.4 Å². The molecule has 1 amide bonds. The van der Waals surface area contributed by atoms with Crippen molar-refractivity contribution in [3.05, 3.63) is 0 Å². The molecule has 1 rings (SSSR count). The van der Waals surface area contributed by atoms with Crippen LogP contribution < -0.4 is 11.1 Å². The van der Waals surface area contributed by atoms with Gasteiger partial charge in [-0.05, 0) is 38.2 Å². The van der Waals surface area contributed by atoms with Gasteiger partial charge < -0.3 is 11.1 Å². The fraction of sp³-hybridized carbons (Fsp3) is 0.923. The number of nitrogens with two attached hydrogens (primary N) is 1. The lowest BCUT2D eigenvalue weighted by Crippen LogP contribution is -2.49. The number of thioether (sulfide) groups is 1. The SMILES string of the molecule is CSCCC(C)NC(=O)C1(CN)CCCCC1. The largest absolute Gasteiger partial charge is 0.353 e. The van der Waals surface area contributed by atoms with Crippen LogP contribution in [0.15, 0.2) is 0 Å². The van der Waals surface area contributed by atoms with E-state index in [0.29, 0.717) is 6.54 Å². The van der Waals surface area contributed by atoms with Crippen molar-refractivity contribution in [2.24, 2.45) is 11.1 Å². The average molecular weight is 258 g/mol. The molecule has 0 spiro atoms. The maximum Gasteiger partial charge on any atom is 0.227 e. The van der Waals surface area contributed by atoms with Gasteiger partial charge in [0.05, 0.1) is 5.41 Å². The molecule has 1 aliphatic carbocycles. The molecule has 0 saturated heterocycles. The summed E-state index contributed by atoms with van der Waals surface area (Å²) in [4.78, 5) is 12.3. The zero-order valence-corrected chi connectivity index (χ0v) is 11.9. The third-order valence-electron chi connectivity index (χ3n) is 3.82. The molecule has 1 aliphatic rings. The third-order valence-corrected chi connectivity index (χ3v) is 4.46. The molecule has 3 N–H and O–H groups in total. The van der Waals surface area contributed by atoms with Gasteiger partial charge in [-0.3, -0.25) is 4.79 Å². The van der Waals surface area contributed by atoms with E-state index in [2.05, 4.69) is 18.5 Å². The Balaban J connectivity index is 2.48. The van der Waals surface area contributed by atoms with Crippen LogP contribution in [0, 0.1) is 5.41 Å². The summed E-state index contributed by atoms with van der Waals surface area (Å²) in [7, 11) is 0. The van der Waals surface area contributed by atoms with E-state index < -0.39 is 0 Å². The molecule has 0 aromatic carbocycles. The van der Waals surface area contributed by atoms with Crippen molar-refractivity contribution in [1.82, 2.24) is 5.32 Å². The number of carbonyl (C=O) groups excluding carboxylic acids is 1. The predicted octanol–water partition coefficient (Wildman–Crippen LogP) is 2.15. The Morgan fingerprint density at radius 2 is 2.06 bits per heavy atom. The van der Waals surface area contributed by atoms with E-state index in [9.17, 15) is 4.79 Å². The Morgan fingerprint density at radius 3 is 2.59 bits per heavy atom. The Morgan fingerprint density at radius 1 is 1.41 bits per heavy atom. The smallest absolute Gasteiger partial charge is 0.227 e. The van der Waals surface area contributed by atoms with Crippen LogP contribution in [0.4, 0.5) is 0 Å². The quantitative estimate of drug-likeness (QED) is 0.767. The number of hydrogen-bond donors (Lipinski definition) is 2. The Hall–Kier alpha value is -0.220. The second-order valence-electron chi connectivity index (χ2n) is 5.20. The maximum atomic E-state index is 12.3. The molecular weight excluding hydrogens is 232 g/mol. The van der Waals surface area contributed by atoms with Gasteiger partial charge in [0.2, 0.25) is 5.91 Å². The fourth-order valence-electron chi connectivity index (χ4n) is 2.50. The maximum absolute atomic E-state index is 12.3. The summed E-state index contributed by atoms with van der Waals surface area (Å²) in [5.74, 6) is 1.28. The van der Waals surface area contributed by atoms with E-state index in [1.54, 1.807) is 0 Å². The minimum Gasteiger partial charge on any atom is -0.353 e. The summed E-state index contributed by atoms with van der Waals surface area (Å²) in [6.45, 7) is 2.58. The third kappa shape index (κ3) is 4.18. The monoisotopic (exact) mass is 258 g/mol. The lowest BCUT2D eigenvalue weighted by molar-refractivity contribution is -0.133. The predicted molar refractivity (Wildman–Crippen MR) is 75.2 cm³/mol. The molecule has 4 heteroatoms. The molecule has 0 aromatic heterocycles. The summed E-state index contributed by atoms with van der Waals surface area (Å²) in [6, 6.07) is 0.264. The molecule has 100 valence electrons. The van der Waals surface area contributed by atoms with E-state index in [1.807, 2.05) is 11.8 Å². The fourth-order valence-corrected chi connectivity index (χ4v) is 3.09. The van der Waals surface area contributed by atoms with Gasteiger partial charge in [0.1, 0.15) is 0 Å². The number of carbonyl (C=O) groups is 1. The van der Waals surface area contributed by atoms with Crippen LogP contribution in [0.5, 0.6) is 0 Å². The van der Waals surface area contributed by atoms with Gasteiger partial charge in [-0.25, -0.2) is 0 Å². The number of hydrogen-bond acceptors (Lipinski definition) is 3. The molecule has 1 saturated carbocycles. The van der Waals surface area contributed by atoms with Crippen LogP contribution in [-0.4, -0.2) is 30.5 Å². The van der Waals surface area contributed by atoms with Crippen LogP contribution in [0.1, 0.15) is 45.4 Å². The Labute approximate surface area is 109 Å². The van der Waals surface area contributed by atoms with E-state index in [0.717, 1.165) is 37.9 Å². The topological polar surface area (TPSA) is 55.1 Å². The first-order chi connectivity index (χ1) is 8.14. The first-order valence-electron chi connectivity index (χ1n) is 6.64. The van der Waals surface area contributed by atoms with Crippen LogP contribution in [0.2, 0.25) is 0 Å². The summed E-state index contributed by atoms with van der Waals surface area (Å²) in [6.07, 6.45) is 8.59. The zero-order valence-electron chi connectivity index (χ0n) is 11.1. The van der Waals surface area contributed by atoms with Crippen molar-refractivity contribution in [3.8, 4) is 0 Å². The minimum atomic E-state index is -0.272. The van der Waals surface area contributed by atoms with Gasteiger partial charge in [0.25, 0.3) is 0 Å². The van der Waals surface area contributed by atoms with E-state index in [1.165, 1.54) is 6.42 Å². The first kappa shape index (κ1) is 14.8. The van der Waals surface area contributed by atoms with Crippen molar-refractivity contribution in [2.45, 2.75) is 51.5 Å². The standard InChI is InChI=1S/C13H26N2OS/c1-11(6-9-17-2)15-12(16)13(10-14)7-4-3-5-8-13/h11H,3-10,14H2,1-2H3,(H,15,16). The van der Waals surface area contributed by atoms with Crippen molar-refractivity contribution in [1.29, 1.82) is 0 Å². The lowest BCUT2D eigenvalue weighted by Gasteiger charge is -2.35. The molecule has 0 aromatic rings. The molecule has 0 heterocycles. The molecule has 1 fully saturated rings. The van der Waals surface area contributed by atoms with Crippen LogP contribution in [-0.2, 0) is 4.79 Å². The Kier molecular flexibility index (Phi) is 6.34. The molecule has 17 heavy (non-hydrogen) atoms. The van der Waals surface area contributed by atoms with Gasteiger partial charge in [0, 0.05) is 12.6 Å². The van der Waals surface area contributed by atoms with E-state index in [4.69, 9.17) is 5.73 Å². The molecule has 0 bridgehead atoms. The second kappa shape index (κ2) is 7.27. The highest BCUT2D eigenvalue weighted by atomic mass is 32.2. The van der Waals surface area contributed by atoms with Crippen LogP contribution >= 0.6 is 11.8 Å². The van der Waals surface area contributed by atoms with Gasteiger partial charge in [-0.15, -0.1) is 0 Å². The molecule has 1 unspecified atom stereocenters. The summed E-state index contributed by atoms with van der Waals surface area (Å²) in [5.41, 5.74) is 5.58. The van der Waals surface area contributed by atoms with Crippen molar-refractivity contribution in [3.63, 3.8) is 0 Å². The summed E-state index contributed by atoms with van der Waals surface area (Å²) >= 11 is 1.82. The lowest BCUT2D eigenvalue weighted by atomic mass is 9.73. The summed E-state index contributed by atoms with van der Waals surface area (Å²) < 4.78 is 0. The minimum absolute atomic E-state index is 0.188. The van der Waals surface area contributed by atoms with E-state index >= 15 is 0 Å². The number of nitrogens with one attached hydrogen (secondary N) is 1. The Bertz CT molecular complexity index is 240. The number of amides is 1. The van der Waals surface area contributed by atoms with Gasteiger partial charge >= 0.3 is 0 Å². The zero-order chi connectivity index (χ0) is 12.7. The molecule has 0 radical (unpaired) electrons. The molecule has 0 aliphatic heterocycles. The van der Waals surface area contributed by atoms with Crippen molar-refractivity contribution >= 4 is 17.7 Å². The average Bonchev–Trinajstić information content (AvgIpc) is 2.37. The van der Waals surface area contributed by atoms with Crippen molar-refractivity contribution < 1.29 is 4.79 Å². The first-order valence-corrected chi connectivity index (χ1v) is 8.04. The second-order valence-corrected chi connectivity index (χ2v) is 6.19. The highest BCUT2D eigenvalue weighted by Crippen LogP contribution is 2.35. The van der Waals surface area contributed by atoms with Gasteiger partial charge in [0.15, 0.2) is 0 Å². The highest BCUT2D eigenvalue weighted by Gasteiger charge is 2.38. The number of rotatable bonds is 6. The van der Waals surface area contributed by atoms with Gasteiger partial charge in [-0.1, -0.05) is 19.3 Å². The highest BCUT2D eigenvalue weighted by molar-refractivity contribution is 7.98. The molecule has 1 atom stereocenters. The van der Waals surface area contributed by atoms with Crippen LogP contribution in [0.3, 0.4) is 0 Å². The summed E-state index contributed by atoms with van der Waals surface area (Å²) in [5, 5.41) is 3.14. The normalized spacial score (nSPS) is 20.9. The van der Waals surface area contributed by atoms with Crippen molar-refractivity contribution in [2.75, 3.05) is 18.6 Å². The molecular formula is C13H26N2OS.